The number of halogens is 1. The van der Waals surface area contributed by atoms with Gasteiger partial charge in [0.2, 0.25) is 0 Å². The van der Waals surface area contributed by atoms with Gasteiger partial charge in [-0.2, -0.15) is 0 Å². The Kier molecular flexibility index (Phi) is 4.77. The fraction of sp³-hybridized carbons (Fsp3) is 0.267. The highest BCUT2D eigenvalue weighted by atomic mass is 35.5. The summed E-state index contributed by atoms with van der Waals surface area (Å²) in [4.78, 5) is 4.48. The van der Waals surface area contributed by atoms with E-state index in [2.05, 4.69) is 10.3 Å². The van der Waals surface area contributed by atoms with Crippen LogP contribution in [0.1, 0.15) is 17.0 Å². The van der Waals surface area contributed by atoms with E-state index in [-0.39, 0.29) is 0 Å². The van der Waals surface area contributed by atoms with Gasteiger partial charge in [0.1, 0.15) is 12.4 Å². The van der Waals surface area contributed by atoms with Gasteiger partial charge in [-0.05, 0) is 43.8 Å². The quantitative estimate of drug-likeness (QED) is 0.909. The first-order chi connectivity index (χ1) is 9.19. The Balaban J connectivity index is 2.08. The van der Waals surface area contributed by atoms with E-state index in [0.29, 0.717) is 13.2 Å². The van der Waals surface area contributed by atoms with Crippen molar-refractivity contribution in [1.82, 2.24) is 10.3 Å². The number of rotatable bonds is 5. The third kappa shape index (κ3) is 3.94. The second kappa shape index (κ2) is 6.55. The average Bonchev–Trinajstić information content (AvgIpc) is 2.40. The molecule has 0 amide bonds. The highest BCUT2D eigenvalue weighted by Gasteiger charge is 2.05. The van der Waals surface area contributed by atoms with Crippen LogP contribution >= 0.6 is 11.6 Å². The van der Waals surface area contributed by atoms with Gasteiger partial charge in [-0.25, -0.2) is 0 Å². The highest BCUT2D eigenvalue weighted by Crippen LogP contribution is 2.19. The topological polar surface area (TPSA) is 34.2 Å². The van der Waals surface area contributed by atoms with Crippen molar-refractivity contribution in [2.45, 2.75) is 20.1 Å². The van der Waals surface area contributed by atoms with Crippen molar-refractivity contribution in [3.05, 3.63) is 58.4 Å². The van der Waals surface area contributed by atoms with Crippen molar-refractivity contribution >= 4 is 11.6 Å². The molecule has 0 fully saturated rings. The van der Waals surface area contributed by atoms with E-state index in [4.69, 9.17) is 16.3 Å². The van der Waals surface area contributed by atoms with E-state index < -0.39 is 0 Å². The minimum absolute atomic E-state index is 0.513. The molecular formula is C15H17ClN2O. The van der Waals surface area contributed by atoms with Crippen LogP contribution in [0.25, 0.3) is 0 Å². The Morgan fingerprint density at radius 2 is 1.89 bits per heavy atom. The molecule has 0 saturated heterocycles. The van der Waals surface area contributed by atoms with E-state index in [1.54, 1.807) is 0 Å². The number of aromatic nitrogens is 1. The zero-order valence-electron chi connectivity index (χ0n) is 11.1. The third-order valence-electron chi connectivity index (χ3n) is 2.72. The van der Waals surface area contributed by atoms with Crippen LogP contribution in [-0.2, 0) is 13.2 Å². The van der Waals surface area contributed by atoms with Crippen molar-refractivity contribution in [3.8, 4) is 5.75 Å². The normalized spacial score (nSPS) is 10.5. The zero-order valence-corrected chi connectivity index (χ0v) is 11.9. The fourth-order valence-corrected chi connectivity index (χ4v) is 1.89. The molecule has 0 unspecified atom stereocenters. The van der Waals surface area contributed by atoms with Crippen molar-refractivity contribution < 1.29 is 4.74 Å². The molecule has 0 aliphatic heterocycles. The minimum Gasteiger partial charge on any atom is -0.487 e. The van der Waals surface area contributed by atoms with Gasteiger partial charge in [0.15, 0.2) is 0 Å². The van der Waals surface area contributed by atoms with Gasteiger partial charge in [-0.3, -0.25) is 4.98 Å². The lowest BCUT2D eigenvalue weighted by atomic mass is 10.2. The van der Waals surface area contributed by atoms with E-state index >= 15 is 0 Å². The largest absolute Gasteiger partial charge is 0.487 e. The van der Waals surface area contributed by atoms with Crippen molar-refractivity contribution in [3.63, 3.8) is 0 Å². The first-order valence-corrected chi connectivity index (χ1v) is 6.55. The average molecular weight is 277 g/mol. The highest BCUT2D eigenvalue weighted by molar-refractivity contribution is 6.30. The number of ether oxygens (including phenoxy) is 1. The second-order valence-electron chi connectivity index (χ2n) is 4.34. The summed E-state index contributed by atoms with van der Waals surface area (Å²) in [5.74, 6) is 0.815. The van der Waals surface area contributed by atoms with E-state index in [0.717, 1.165) is 27.7 Å². The van der Waals surface area contributed by atoms with Crippen LogP contribution in [0.4, 0.5) is 0 Å². The number of nitrogens with one attached hydrogen (secondary N) is 1. The lowest BCUT2D eigenvalue weighted by Crippen LogP contribution is -2.10. The molecule has 1 N–H and O–H groups in total. The summed E-state index contributed by atoms with van der Waals surface area (Å²) in [5, 5.41) is 3.83. The number of aryl methyl sites for hydroxylation is 1. The molecule has 1 aromatic heterocycles. The second-order valence-corrected chi connectivity index (χ2v) is 4.78. The first-order valence-electron chi connectivity index (χ1n) is 6.17. The molecule has 0 aliphatic rings. The summed E-state index contributed by atoms with van der Waals surface area (Å²) >= 11 is 5.85. The maximum absolute atomic E-state index is 5.85. The fourth-order valence-electron chi connectivity index (χ4n) is 1.76. The van der Waals surface area contributed by atoms with Crippen LogP contribution in [0.3, 0.4) is 0 Å². The number of pyridine rings is 1. The molecule has 0 radical (unpaired) electrons. The number of nitrogens with zero attached hydrogens (tertiary/aromatic N) is 1. The lowest BCUT2D eigenvalue weighted by molar-refractivity contribution is 0.300. The van der Waals surface area contributed by atoms with Crippen LogP contribution in [0, 0.1) is 6.92 Å². The van der Waals surface area contributed by atoms with Gasteiger partial charge < -0.3 is 10.1 Å². The molecule has 0 spiro atoms. The standard InChI is InChI=1S/C15H17ClN2O/c1-11-3-8-15(14(18-11)9-17-2)19-10-12-4-6-13(16)7-5-12/h3-8,17H,9-10H2,1-2H3. The molecular weight excluding hydrogens is 260 g/mol. The molecule has 2 rings (SSSR count). The van der Waals surface area contributed by atoms with Crippen LogP contribution in [0.2, 0.25) is 5.02 Å². The van der Waals surface area contributed by atoms with Crippen LogP contribution in [0.15, 0.2) is 36.4 Å². The first kappa shape index (κ1) is 13.8. The Morgan fingerprint density at radius 1 is 1.16 bits per heavy atom. The van der Waals surface area contributed by atoms with Gasteiger partial charge in [-0.15, -0.1) is 0 Å². The molecule has 0 bridgehead atoms. The predicted molar refractivity (Wildman–Crippen MR) is 77.5 cm³/mol. The maximum atomic E-state index is 5.85. The summed E-state index contributed by atoms with van der Waals surface area (Å²) in [7, 11) is 1.90. The van der Waals surface area contributed by atoms with E-state index in [9.17, 15) is 0 Å². The van der Waals surface area contributed by atoms with Crippen molar-refractivity contribution in [2.75, 3.05) is 7.05 Å². The molecule has 3 nitrogen and oxygen atoms in total. The van der Waals surface area contributed by atoms with Gasteiger partial charge in [0.05, 0.1) is 5.69 Å². The van der Waals surface area contributed by atoms with Crippen LogP contribution < -0.4 is 10.1 Å². The Labute approximate surface area is 118 Å². The van der Waals surface area contributed by atoms with Crippen molar-refractivity contribution in [2.24, 2.45) is 0 Å². The molecule has 100 valence electrons. The summed E-state index contributed by atoms with van der Waals surface area (Å²) in [6.45, 7) is 3.18. The van der Waals surface area contributed by atoms with Gasteiger partial charge in [-0.1, -0.05) is 23.7 Å². The van der Waals surface area contributed by atoms with Gasteiger partial charge in [0, 0.05) is 17.3 Å². The molecule has 2 aromatic rings. The number of benzene rings is 1. The molecule has 1 heterocycles. The van der Waals surface area contributed by atoms with Gasteiger partial charge >= 0.3 is 0 Å². The minimum atomic E-state index is 0.513. The van der Waals surface area contributed by atoms with Crippen LogP contribution in [-0.4, -0.2) is 12.0 Å². The lowest BCUT2D eigenvalue weighted by Gasteiger charge is -2.11. The molecule has 19 heavy (non-hydrogen) atoms. The molecule has 0 saturated carbocycles. The van der Waals surface area contributed by atoms with Gasteiger partial charge in [0.25, 0.3) is 0 Å². The Hall–Kier alpha value is -1.58. The summed E-state index contributed by atoms with van der Waals surface area (Å²) in [6.07, 6.45) is 0. The van der Waals surface area contributed by atoms with Crippen LogP contribution in [0.5, 0.6) is 5.75 Å². The number of hydrogen-bond donors (Lipinski definition) is 1. The molecule has 4 heteroatoms. The maximum Gasteiger partial charge on any atom is 0.142 e. The van der Waals surface area contributed by atoms with E-state index in [1.807, 2.05) is 50.4 Å². The monoisotopic (exact) mass is 276 g/mol. The molecule has 1 aromatic carbocycles. The van der Waals surface area contributed by atoms with Crippen molar-refractivity contribution in [1.29, 1.82) is 0 Å². The SMILES string of the molecule is CNCc1nc(C)ccc1OCc1ccc(Cl)cc1. The molecule has 0 aliphatic carbocycles. The Morgan fingerprint density at radius 3 is 2.58 bits per heavy atom. The third-order valence-corrected chi connectivity index (χ3v) is 2.98. The summed E-state index contributed by atoms with van der Waals surface area (Å²) < 4.78 is 5.83. The predicted octanol–water partition coefficient (Wildman–Crippen LogP) is 3.34. The summed E-state index contributed by atoms with van der Waals surface area (Å²) in [6, 6.07) is 11.6. The summed E-state index contributed by atoms with van der Waals surface area (Å²) in [5.41, 5.74) is 3.00. The number of hydrogen-bond acceptors (Lipinski definition) is 3. The zero-order chi connectivity index (χ0) is 13.7. The Bertz CT molecular complexity index is 540. The smallest absolute Gasteiger partial charge is 0.142 e. The molecule has 0 atom stereocenters. The van der Waals surface area contributed by atoms with E-state index in [1.165, 1.54) is 0 Å².